The second kappa shape index (κ2) is 8.76. The van der Waals surface area contributed by atoms with Gasteiger partial charge in [0, 0.05) is 31.1 Å². The number of hydrogen-bond donors (Lipinski definition) is 2. The molecule has 4 N–H and O–H groups in total. The molecule has 0 saturated carbocycles. The Labute approximate surface area is 217 Å². The first kappa shape index (κ1) is 23.3. The Morgan fingerprint density at radius 2 is 1.92 bits per heavy atom. The predicted molar refractivity (Wildman–Crippen MR) is 144 cm³/mol. The van der Waals surface area contributed by atoms with Crippen LogP contribution in [0.3, 0.4) is 0 Å². The lowest BCUT2D eigenvalue weighted by molar-refractivity contribution is 0.187. The van der Waals surface area contributed by atoms with E-state index in [-0.39, 0.29) is 17.0 Å². The molecule has 2 aromatic carbocycles. The van der Waals surface area contributed by atoms with Crippen molar-refractivity contribution in [2.75, 3.05) is 23.7 Å². The molecular formula is C26H26ClN7OS. The minimum absolute atomic E-state index is 0.0736. The Balaban J connectivity index is 1.20. The van der Waals surface area contributed by atoms with Gasteiger partial charge in [-0.1, -0.05) is 47.6 Å². The highest BCUT2D eigenvalue weighted by Crippen LogP contribution is 2.51. The van der Waals surface area contributed by atoms with Crippen LogP contribution in [0.4, 0.5) is 11.6 Å². The highest BCUT2D eigenvalue weighted by Gasteiger charge is 2.45. The van der Waals surface area contributed by atoms with Gasteiger partial charge < -0.3 is 20.9 Å². The van der Waals surface area contributed by atoms with E-state index in [1.54, 1.807) is 19.3 Å². The Bertz CT molecular complexity index is 1550. The van der Waals surface area contributed by atoms with Crippen LogP contribution in [0.25, 0.3) is 10.9 Å². The number of nitrogens with zero attached hydrogens (tertiary/aromatic N) is 5. The molecule has 1 atom stereocenters. The number of benzene rings is 2. The summed E-state index contributed by atoms with van der Waals surface area (Å²) in [6, 6.07) is 12.2. The first-order valence-electron chi connectivity index (χ1n) is 11.9. The first-order chi connectivity index (χ1) is 17.4. The summed E-state index contributed by atoms with van der Waals surface area (Å²) in [7, 11) is 1.65. The Morgan fingerprint density at radius 3 is 2.67 bits per heavy atom. The van der Waals surface area contributed by atoms with Crippen molar-refractivity contribution in [2.45, 2.75) is 35.2 Å². The quantitative estimate of drug-likeness (QED) is 0.418. The van der Waals surface area contributed by atoms with Crippen molar-refractivity contribution < 1.29 is 0 Å². The average Bonchev–Trinajstić information content (AvgIpc) is 3.15. The molecule has 8 nitrogen and oxygen atoms in total. The molecule has 2 aromatic heterocycles. The van der Waals surface area contributed by atoms with E-state index in [2.05, 4.69) is 44.1 Å². The molecule has 1 aliphatic heterocycles. The molecule has 1 saturated heterocycles. The average molecular weight is 520 g/mol. The van der Waals surface area contributed by atoms with Gasteiger partial charge in [0.15, 0.2) is 5.82 Å². The van der Waals surface area contributed by atoms with Crippen LogP contribution in [0.2, 0.25) is 5.02 Å². The largest absolute Gasteiger partial charge is 0.381 e. The van der Waals surface area contributed by atoms with E-state index in [0.717, 1.165) is 38.2 Å². The van der Waals surface area contributed by atoms with Crippen LogP contribution in [0, 0.1) is 5.41 Å². The number of rotatable bonds is 3. The minimum atomic E-state index is -0.199. The fraction of sp³-hybridized carbons (Fsp3) is 0.308. The third kappa shape index (κ3) is 3.73. The van der Waals surface area contributed by atoms with Gasteiger partial charge in [0.25, 0.3) is 5.56 Å². The Morgan fingerprint density at radius 1 is 1.14 bits per heavy atom. The molecule has 1 aliphatic carbocycles. The molecule has 1 fully saturated rings. The standard InChI is InChI=1S/C26H26ClN7OS/c1-33-14-31-17-6-7-18(21(27)20(17)25(33)35)36-24-23(29)32-19(13-30-24)34-10-8-26(9-11-34)12-15-4-2-3-5-16(15)22(26)28/h2-7,13-14,22H,8-12,28H2,1H3,(H2,29,32)/t22-/m1/s1. The summed E-state index contributed by atoms with van der Waals surface area (Å²) in [5.41, 5.74) is 16.2. The number of nitrogens with two attached hydrogens (primary N) is 2. The van der Waals surface area contributed by atoms with Crippen molar-refractivity contribution in [3.8, 4) is 0 Å². The Hall–Kier alpha value is -3.14. The van der Waals surface area contributed by atoms with Gasteiger partial charge in [-0.25, -0.2) is 15.0 Å². The van der Waals surface area contributed by atoms with Crippen molar-refractivity contribution in [3.05, 3.63) is 75.4 Å². The number of halogens is 1. The van der Waals surface area contributed by atoms with Gasteiger partial charge in [0.05, 0.1) is 28.4 Å². The molecule has 0 unspecified atom stereocenters. The molecule has 36 heavy (non-hydrogen) atoms. The van der Waals surface area contributed by atoms with Gasteiger partial charge in [-0.05, 0) is 47.9 Å². The molecule has 0 radical (unpaired) electrons. The molecular weight excluding hydrogens is 494 g/mol. The Kier molecular flexibility index (Phi) is 5.66. The second-order valence-electron chi connectivity index (χ2n) is 9.66. The van der Waals surface area contributed by atoms with Crippen molar-refractivity contribution in [2.24, 2.45) is 18.2 Å². The highest BCUT2D eigenvalue weighted by atomic mass is 35.5. The summed E-state index contributed by atoms with van der Waals surface area (Å²) < 4.78 is 1.41. The number of nitrogen functional groups attached to an aromatic ring is 1. The maximum Gasteiger partial charge on any atom is 0.262 e. The van der Waals surface area contributed by atoms with Gasteiger partial charge in [0.2, 0.25) is 0 Å². The number of hydrogen-bond acceptors (Lipinski definition) is 8. The zero-order valence-corrected chi connectivity index (χ0v) is 21.4. The number of anilines is 2. The molecule has 4 aromatic rings. The van der Waals surface area contributed by atoms with Crippen LogP contribution in [0.1, 0.15) is 30.0 Å². The van der Waals surface area contributed by atoms with E-state index in [1.165, 1.54) is 33.8 Å². The van der Waals surface area contributed by atoms with Gasteiger partial charge >= 0.3 is 0 Å². The lowest BCUT2D eigenvalue weighted by atomic mass is 9.73. The lowest BCUT2D eigenvalue weighted by Gasteiger charge is -2.42. The van der Waals surface area contributed by atoms with Gasteiger partial charge in [0.1, 0.15) is 10.8 Å². The number of aryl methyl sites for hydroxylation is 1. The number of fused-ring (bicyclic) bond motifs is 2. The molecule has 6 rings (SSSR count). The number of piperidine rings is 1. The first-order valence-corrected chi connectivity index (χ1v) is 13.1. The van der Waals surface area contributed by atoms with Crippen LogP contribution >= 0.6 is 23.4 Å². The third-order valence-electron chi connectivity index (χ3n) is 7.62. The van der Waals surface area contributed by atoms with E-state index >= 15 is 0 Å². The molecule has 3 heterocycles. The molecule has 184 valence electrons. The van der Waals surface area contributed by atoms with Crippen LogP contribution in [-0.4, -0.2) is 32.6 Å². The summed E-state index contributed by atoms with van der Waals surface area (Å²) >= 11 is 7.89. The van der Waals surface area contributed by atoms with E-state index in [9.17, 15) is 4.79 Å². The fourth-order valence-electron chi connectivity index (χ4n) is 5.52. The van der Waals surface area contributed by atoms with Crippen LogP contribution in [0.5, 0.6) is 0 Å². The molecule has 0 amide bonds. The fourth-order valence-corrected chi connectivity index (χ4v) is 6.67. The van der Waals surface area contributed by atoms with E-state index in [0.29, 0.717) is 31.7 Å². The second-order valence-corrected chi connectivity index (χ2v) is 11.1. The minimum Gasteiger partial charge on any atom is -0.381 e. The maximum atomic E-state index is 12.6. The maximum absolute atomic E-state index is 12.6. The van der Waals surface area contributed by atoms with Crippen molar-refractivity contribution in [1.82, 2.24) is 19.5 Å². The summed E-state index contributed by atoms with van der Waals surface area (Å²) in [6.07, 6.45) is 6.27. The predicted octanol–water partition coefficient (Wildman–Crippen LogP) is 3.95. The van der Waals surface area contributed by atoms with Crippen molar-refractivity contribution in [1.29, 1.82) is 0 Å². The van der Waals surface area contributed by atoms with E-state index in [4.69, 9.17) is 23.1 Å². The summed E-state index contributed by atoms with van der Waals surface area (Å²) in [5.74, 6) is 1.09. The van der Waals surface area contributed by atoms with Gasteiger partial charge in [-0.15, -0.1) is 0 Å². The smallest absolute Gasteiger partial charge is 0.262 e. The zero-order valence-electron chi connectivity index (χ0n) is 19.8. The van der Waals surface area contributed by atoms with Crippen molar-refractivity contribution in [3.63, 3.8) is 0 Å². The van der Waals surface area contributed by atoms with Crippen LogP contribution in [0.15, 0.2) is 63.6 Å². The number of aromatic nitrogens is 4. The molecule has 2 aliphatic rings. The van der Waals surface area contributed by atoms with Crippen LogP contribution in [-0.2, 0) is 13.5 Å². The monoisotopic (exact) mass is 519 g/mol. The topological polar surface area (TPSA) is 116 Å². The third-order valence-corrected chi connectivity index (χ3v) is 9.20. The molecule has 10 heteroatoms. The summed E-state index contributed by atoms with van der Waals surface area (Å²) in [5, 5.41) is 1.26. The van der Waals surface area contributed by atoms with Gasteiger partial charge in [-0.3, -0.25) is 4.79 Å². The van der Waals surface area contributed by atoms with Gasteiger partial charge in [-0.2, -0.15) is 0 Å². The zero-order chi connectivity index (χ0) is 25.0. The summed E-state index contributed by atoms with van der Waals surface area (Å²) in [6.45, 7) is 1.71. The molecule has 1 spiro atoms. The van der Waals surface area contributed by atoms with E-state index < -0.39 is 0 Å². The molecule has 0 bridgehead atoms. The van der Waals surface area contributed by atoms with E-state index in [1.807, 2.05) is 6.07 Å². The normalized spacial score (nSPS) is 18.6. The highest BCUT2D eigenvalue weighted by molar-refractivity contribution is 7.99. The van der Waals surface area contributed by atoms with Crippen molar-refractivity contribution >= 4 is 45.9 Å². The summed E-state index contributed by atoms with van der Waals surface area (Å²) in [4.78, 5) is 29.0. The lowest BCUT2D eigenvalue weighted by Crippen LogP contribution is -2.44. The SMILES string of the molecule is Cn1cnc2ccc(Sc3ncc(N4CCC5(CC4)Cc4ccccc4[C@H]5N)nc3N)c(Cl)c2c1=O. The van der Waals surface area contributed by atoms with Crippen LogP contribution < -0.4 is 21.9 Å².